The number of hydrogen-bond donors (Lipinski definition) is 1. The van der Waals surface area contributed by atoms with Gasteiger partial charge in [-0.25, -0.2) is 4.68 Å². The minimum absolute atomic E-state index is 0.0478. The van der Waals surface area contributed by atoms with Gasteiger partial charge in [0.25, 0.3) is 5.91 Å². The first-order chi connectivity index (χ1) is 13.8. The predicted octanol–water partition coefficient (Wildman–Crippen LogP) is 3.97. The lowest BCUT2D eigenvalue weighted by molar-refractivity contribution is -0.173. The lowest BCUT2D eigenvalue weighted by atomic mass is 10.0. The predicted molar refractivity (Wildman–Crippen MR) is 102 cm³/mol. The number of hydrogen-bond acceptors (Lipinski definition) is 6. The third kappa shape index (κ3) is 3.60. The van der Waals surface area contributed by atoms with Crippen LogP contribution in [0, 0.1) is 0 Å². The Morgan fingerprint density at radius 2 is 2.17 bits per heavy atom. The Bertz CT molecular complexity index is 895. The van der Waals surface area contributed by atoms with E-state index in [0.717, 1.165) is 22.6 Å². The molecule has 0 aromatic carbocycles. The van der Waals surface area contributed by atoms with E-state index in [2.05, 4.69) is 20.0 Å². The molecule has 0 unspecified atom stereocenters. The van der Waals surface area contributed by atoms with Crippen LogP contribution >= 0.6 is 11.5 Å². The third-order valence-electron chi connectivity index (χ3n) is 5.72. The average molecular weight is 428 g/mol. The largest absolute Gasteiger partial charge is 0.410 e. The molecule has 2 aliphatic rings. The van der Waals surface area contributed by atoms with Crippen molar-refractivity contribution in [2.75, 3.05) is 11.9 Å². The maximum Gasteiger partial charge on any atom is 0.410 e. The van der Waals surface area contributed by atoms with Crippen molar-refractivity contribution in [1.29, 1.82) is 0 Å². The third-order valence-corrected chi connectivity index (χ3v) is 6.48. The number of likely N-dealkylation sites (tertiary alicyclic amines) is 1. The van der Waals surface area contributed by atoms with Crippen molar-refractivity contribution in [3.63, 3.8) is 0 Å². The SMILES string of the molecule is CCc1nnsc1C(=O)N1CCC[C@@H]1c1cc2n(n1)[C@@H](C(F)(F)F)C[C@@H](CC)N2. The zero-order valence-corrected chi connectivity index (χ0v) is 17.1. The lowest BCUT2D eigenvalue weighted by Crippen LogP contribution is -2.39. The zero-order chi connectivity index (χ0) is 20.8. The maximum absolute atomic E-state index is 13.6. The van der Waals surface area contributed by atoms with Crippen LogP contribution in [0.5, 0.6) is 0 Å². The number of anilines is 1. The average Bonchev–Trinajstić information content (AvgIpc) is 3.43. The molecule has 0 aliphatic carbocycles. The molecule has 1 fully saturated rings. The van der Waals surface area contributed by atoms with Gasteiger partial charge in [0.15, 0.2) is 6.04 Å². The second kappa shape index (κ2) is 7.58. The van der Waals surface area contributed by atoms with Gasteiger partial charge in [0.2, 0.25) is 0 Å². The van der Waals surface area contributed by atoms with Gasteiger partial charge in [-0.05, 0) is 43.6 Å². The highest BCUT2D eigenvalue weighted by Gasteiger charge is 2.46. The molecule has 11 heteroatoms. The van der Waals surface area contributed by atoms with Crippen LogP contribution in [-0.4, -0.2) is 48.9 Å². The van der Waals surface area contributed by atoms with Gasteiger partial charge in [-0.1, -0.05) is 18.3 Å². The van der Waals surface area contributed by atoms with Gasteiger partial charge < -0.3 is 10.2 Å². The summed E-state index contributed by atoms with van der Waals surface area (Å²) in [5, 5.41) is 11.5. The Morgan fingerprint density at radius 1 is 1.38 bits per heavy atom. The topological polar surface area (TPSA) is 75.9 Å². The van der Waals surface area contributed by atoms with Gasteiger partial charge in [0.05, 0.1) is 17.4 Å². The van der Waals surface area contributed by atoms with Crippen LogP contribution in [0.1, 0.15) is 72.7 Å². The van der Waals surface area contributed by atoms with Crippen LogP contribution in [0.25, 0.3) is 0 Å². The molecule has 2 aliphatic heterocycles. The zero-order valence-electron chi connectivity index (χ0n) is 16.2. The number of carbonyl (C=O) groups excluding carboxylic acids is 1. The molecule has 1 amide bonds. The van der Waals surface area contributed by atoms with Crippen LogP contribution in [0.3, 0.4) is 0 Å². The van der Waals surface area contributed by atoms with Gasteiger partial charge in [0, 0.05) is 18.7 Å². The Labute approximate surface area is 170 Å². The Morgan fingerprint density at radius 3 is 2.86 bits per heavy atom. The number of nitrogens with one attached hydrogen (secondary N) is 1. The number of aryl methyl sites for hydroxylation is 1. The number of aromatic nitrogens is 4. The normalized spacial score (nSPS) is 24.4. The Hall–Kier alpha value is -2.17. The summed E-state index contributed by atoms with van der Waals surface area (Å²) < 4.78 is 45.8. The van der Waals surface area contributed by atoms with Crippen molar-refractivity contribution in [2.45, 2.75) is 70.3 Å². The summed E-state index contributed by atoms with van der Waals surface area (Å²) in [4.78, 5) is 15.3. The summed E-state index contributed by atoms with van der Waals surface area (Å²) in [6.45, 7) is 4.32. The fraction of sp³-hybridized carbons (Fsp3) is 0.667. The van der Waals surface area contributed by atoms with Gasteiger partial charge in [-0.3, -0.25) is 4.79 Å². The molecule has 1 saturated heterocycles. The molecule has 0 spiro atoms. The first kappa shape index (κ1) is 20.1. The van der Waals surface area contributed by atoms with Crippen molar-refractivity contribution >= 4 is 23.3 Å². The monoisotopic (exact) mass is 428 g/mol. The summed E-state index contributed by atoms with van der Waals surface area (Å²) in [5.74, 6) is 0.200. The number of carbonyl (C=O) groups is 1. The molecule has 0 saturated carbocycles. The molecule has 0 radical (unpaired) electrons. The van der Waals surface area contributed by atoms with Crippen molar-refractivity contribution in [3.05, 3.63) is 22.3 Å². The van der Waals surface area contributed by atoms with E-state index in [0.29, 0.717) is 47.9 Å². The fourth-order valence-corrected chi connectivity index (χ4v) is 4.86. The quantitative estimate of drug-likeness (QED) is 0.798. The van der Waals surface area contributed by atoms with Gasteiger partial charge in [-0.2, -0.15) is 18.3 Å². The van der Waals surface area contributed by atoms with Crippen molar-refractivity contribution < 1.29 is 18.0 Å². The fourth-order valence-electron chi connectivity index (χ4n) is 4.15. The number of halogens is 3. The molecular formula is C18H23F3N6OS. The number of nitrogens with zero attached hydrogens (tertiary/aromatic N) is 5. The molecule has 1 N–H and O–H groups in total. The van der Waals surface area contributed by atoms with E-state index in [1.54, 1.807) is 11.0 Å². The molecule has 0 bridgehead atoms. The summed E-state index contributed by atoms with van der Waals surface area (Å²) in [6.07, 6.45) is -1.77. The molecule has 158 valence electrons. The maximum atomic E-state index is 13.6. The van der Waals surface area contributed by atoms with Crippen molar-refractivity contribution in [2.24, 2.45) is 0 Å². The van der Waals surface area contributed by atoms with E-state index in [1.807, 2.05) is 13.8 Å². The summed E-state index contributed by atoms with van der Waals surface area (Å²) in [7, 11) is 0. The highest BCUT2D eigenvalue weighted by atomic mass is 32.1. The number of alkyl halides is 3. The second-order valence-electron chi connectivity index (χ2n) is 7.50. The summed E-state index contributed by atoms with van der Waals surface area (Å²) in [6, 6.07) is -0.582. The van der Waals surface area contributed by atoms with Crippen LogP contribution < -0.4 is 5.32 Å². The van der Waals surface area contributed by atoms with E-state index >= 15 is 0 Å². The molecule has 3 atom stereocenters. The Kier molecular flexibility index (Phi) is 5.26. The van der Waals surface area contributed by atoms with Gasteiger partial charge in [-0.15, -0.1) is 5.10 Å². The number of amides is 1. The van der Waals surface area contributed by atoms with Crippen LogP contribution in [-0.2, 0) is 6.42 Å². The van der Waals surface area contributed by atoms with Crippen LogP contribution in [0.15, 0.2) is 6.07 Å². The van der Waals surface area contributed by atoms with Crippen molar-refractivity contribution in [1.82, 2.24) is 24.3 Å². The first-order valence-corrected chi connectivity index (χ1v) is 10.7. The van der Waals surface area contributed by atoms with E-state index < -0.39 is 12.2 Å². The molecule has 7 nitrogen and oxygen atoms in total. The smallest absolute Gasteiger partial charge is 0.367 e. The molecule has 2 aromatic heterocycles. The highest BCUT2D eigenvalue weighted by Crippen LogP contribution is 2.42. The molecule has 29 heavy (non-hydrogen) atoms. The summed E-state index contributed by atoms with van der Waals surface area (Å²) in [5.41, 5.74) is 1.15. The molecule has 4 rings (SSSR count). The molecular weight excluding hydrogens is 405 g/mol. The number of rotatable bonds is 4. The highest BCUT2D eigenvalue weighted by molar-refractivity contribution is 7.08. The number of fused-ring (bicyclic) bond motifs is 1. The minimum Gasteiger partial charge on any atom is -0.367 e. The van der Waals surface area contributed by atoms with Crippen LogP contribution in [0.2, 0.25) is 0 Å². The van der Waals surface area contributed by atoms with Gasteiger partial charge in [0.1, 0.15) is 10.7 Å². The second-order valence-corrected chi connectivity index (χ2v) is 8.25. The standard InChI is InChI=1S/C18H23F3N6OS/c1-3-10-8-14(18(19,20)21)27-15(22-10)9-12(24-27)13-6-5-7-26(13)17(28)16-11(4-2)23-25-29-16/h9-10,13-14,22H,3-8H2,1-2H3/t10-,13-,14-/m1/s1. The van der Waals surface area contributed by atoms with E-state index in [9.17, 15) is 18.0 Å². The van der Waals surface area contributed by atoms with E-state index in [-0.39, 0.29) is 24.4 Å². The summed E-state index contributed by atoms with van der Waals surface area (Å²) >= 11 is 1.06. The van der Waals surface area contributed by atoms with Gasteiger partial charge >= 0.3 is 6.18 Å². The van der Waals surface area contributed by atoms with Crippen molar-refractivity contribution in [3.8, 4) is 0 Å². The lowest BCUT2D eigenvalue weighted by Gasteiger charge is -2.32. The minimum atomic E-state index is -4.37. The molecule has 4 heterocycles. The first-order valence-electron chi connectivity index (χ1n) is 9.88. The van der Waals surface area contributed by atoms with E-state index in [1.165, 1.54) is 0 Å². The van der Waals surface area contributed by atoms with Crippen LogP contribution in [0.4, 0.5) is 19.0 Å². The Balaban J connectivity index is 1.65. The van der Waals surface area contributed by atoms with E-state index in [4.69, 9.17) is 0 Å². The molecule has 2 aromatic rings.